The number of aryl methyl sites for hydroxylation is 2. The highest BCUT2D eigenvalue weighted by molar-refractivity contribution is 5.92. The number of fused-ring (bicyclic) bond motifs is 4. The van der Waals surface area contributed by atoms with Crippen LogP contribution in [0.1, 0.15) is 61.6 Å². The first kappa shape index (κ1) is 29.1. The molecule has 0 aliphatic carbocycles. The van der Waals surface area contributed by atoms with E-state index in [1.807, 2.05) is 60.4 Å². The fourth-order valence-electron chi connectivity index (χ4n) is 6.33. The van der Waals surface area contributed by atoms with Gasteiger partial charge in [-0.15, -0.1) is 0 Å². The summed E-state index contributed by atoms with van der Waals surface area (Å²) >= 11 is 0. The van der Waals surface area contributed by atoms with Crippen molar-refractivity contribution in [3.8, 4) is 5.75 Å². The average Bonchev–Trinajstić information content (AvgIpc) is 3.53. The molecular weight excluding hydrogens is 516 g/mol. The Kier molecular flexibility index (Phi) is 9.93. The molecule has 0 radical (unpaired) electrons. The van der Waals surface area contributed by atoms with Crippen LogP contribution in [0.2, 0.25) is 0 Å². The van der Waals surface area contributed by atoms with Crippen LogP contribution in [-0.4, -0.2) is 72.4 Å². The van der Waals surface area contributed by atoms with Gasteiger partial charge in [0.1, 0.15) is 11.8 Å². The molecule has 3 aliphatic rings. The smallest absolute Gasteiger partial charge is 0.242 e. The highest BCUT2D eigenvalue weighted by Gasteiger charge is 2.35. The van der Waals surface area contributed by atoms with Crippen LogP contribution in [0.15, 0.2) is 48.5 Å². The third-order valence-corrected chi connectivity index (χ3v) is 8.89. The predicted octanol–water partition coefficient (Wildman–Crippen LogP) is 3.60. The summed E-state index contributed by atoms with van der Waals surface area (Å²) in [5.41, 5.74) is 3.18. The molecule has 2 aromatic rings. The summed E-state index contributed by atoms with van der Waals surface area (Å²) in [5.74, 6) is 0.753. The summed E-state index contributed by atoms with van der Waals surface area (Å²) in [6.45, 7) is 5.99. The summed E-state index contributed by atoms with van der Waals surface area (Å²) in [4.78, 5) is 45.0. The van der Waals surface area contributed by atoms with E-state index in [1.165, 1.54) is 0 Å². The van der Waals surface area contributed by atoms with Gasteiger partial charge in [0.15, 0.2) is 0 Å². The Hall–Kier alpha value is -3.39. The van der Waals surface area contributed by atoms with Crippen molar-refractivity contribution in [1.29, 1.82) is 0 Å². The monoisotopic (exact) mass is 560 g/mol. The van der Waals surface area contributed by atoms with Crippen molar-refractivity contribution in [3.63, 3.8) is 0 Å². The first-order valence-corrected chi connectivity index (χ1v) is 15.3. The molecule has 3 amide bonds. The largest absolute Gasteiger partial charge is 0.494 e. The van der Waals surface area contributed by atoms with E-state index in [0.717, 1.165) is 74.2 Å². The Morgan fingerprint density at radius 2 is 1.73 bits per heavy atom. The number of hydrogen-bond donors (Lipinski definition) is 2. The summed E-state index contributed by atoms with van der Waals surface area (Å²) in [6, 6.07) is 14.7. The van der Waals surface area contributed by atoms with Crippen LogP contribution in [0.25, 0.3) is 0 Å². The zero-order chi connectivity index (χ0) is 28.6. The molecule has 8 heteroatoms. The Balaban J connectivity index is 1.40. The summed E-state index contributed by atoms with van der Waals surface area (Å²) in [6.07, 6.45) is 6.22. The maximum Gasteiger partial charge on any atom is 0.242 e. The molecule has 5 rings (SSSR count). The normalized spacial score (nSPS) is 25.0. The average molecular weight is 561 g/mol. The van der Waals surface area contributed by atoms with Crippen molar-refractivity contribution in [2.24, 2.45) is 5.92 Å². The molecule has 2 aromatic carbocycles. The molecule has 4 bridgehead atoms. The quantitative estimate of drug-likeness (QED) is 0.597. The second-order valence-electron chi connectivity index (χ2n) is 11.8. The van der Waals surface area contributed by atoms with Crippen LogP contribution in [0.5, 0.6) is 5.75 Å². The van der Waals surface area contributed by atoms with Gasteiger partial charge in [0.05, 0.1) is 19.1 Å². The zero-order valence-corrected chi connectivity index (χ0v) is 24.3. The second-order valence-corrected chi connectivity index (χ2v) is 11.8. The van der Waals surface area contributed by atoms with Crippen LogP contribution in [0.4, 0.5) is 0 Å². The van der Waals surface area contributed by atoms with E-state index in [2.05, 4.69) is 15.5 Å². The molecule has 3 heterocycles. The number of amides is 3. The van der Waals surface area contributed by atoms with Crippen LogP contribution in [0.3, 0.4) is 0 Å². The predicted molar refractivity (Wildman–Crippen MR) is 158 cm³/mol. The molecule has 220 valence electrons. The maximum atomic E-state index is 13.9. The van der Waals surface area contributed by atoms with Gasteiger partial charge < -0.3 is 20.3 Å². The molecule has 3 atom stereocenters. The molecule has 41 heavy (non-hydrogen) atoms. The number of carbonyl (C=O) groups is 3. The molecular formula is C33H44N4O4. The van der Waals surface area contributed by atoms with Crippen molar-refractivity contribution in [1.82, 2.24) is 20.4 Å². The number of hydrogen-bond acceptors (Lipinski definition) is 5. The van der Waals surface area contributed by atoms with E-state index in [9.17, 15) is 14.4 Å². The molecule has 1 unspecified atom stereocenters. The molecule has 2 saturated heterocycles. The Morgan fingerprint density at radius 1 is 0.927 bits per heavy atom. The topological polar surface area (TPSA) is 91.0 Å². The summed E-state index contributed by atoms with van der Waals surface area (Å²) < 4.78 is 6.12. The van der Waals surface area contributed by atoms with Gasteiger partial charge in [0, 0.05) is 19.6 Å². The van der Waals surface area contributed by atoms with Gasteiger partial charge in [-0.3, -0.25) is 19.3 Å². The van der Waals surface area contributed by atoms with E-state index in [1.54, 1.807) is 0 Å². The number of piperidine rings is 1. The Bertz CT molecular complexity index is 1200. The number of ether oxygens (including phenoxy) is 1. The molecule has 8 nitrogen and oxygen atoms in total. The second kappa shape index (κ2) is 14.0. The number of benzene rings is 2. The SMILES string of the molecule is Cc1ccc2cc1CNC(=O)[C@H](CCc1ccccc1)NC(=O)[C@@H](N1CCCC1)CC(=O)N1CCCC(CCO2)C1. The molecule has 0 aromatic heterocycles. The minimum atomic E-state index is -0.707. The Morgan fingerprint density at radius 3 is 2.54 bits per heavy atom. The molecule has 2 N–H and O–H groups in total. The number of likely N-dealkylation sites (tertiary alicyclic amines) is 1. The molecule has 2 fully saturated rings. The van der Waals surface area contributed by atoms with Crippen LogP contribution < -0.4 is 15.4 Å². The maximum absolute atomic E-state index is 13.9. The van der Waals surface area contributed by atoms with Gasteiger partial charge in [-0.05, 0) is 99.7 Å². The number of rotatable bonds is 4. The fourth-order valence-corrected chi connectivity index (χ4v) is 6.33. The lowest BCUT2D eigenvalue weighted by Crippen LogP contribution is -2.55. The summed E-state index contributed by atoms with van der Waals surface area (Å²) in [7, 11) is 0. The van der Waals surface area contributed by atoms with Gasteiger partial charge in [-0.25, -0.2) is 0 Å². The van der Waals surface area contributed by atoms with Gasteiger partial charge >= 0.3 is 0 Å². The highest BCUT2D eigenvalue weighted by Crippen LogP contribution is 2.24. The van der Waals surface area contributed by atoms with Crippen LogP contribution in [0, 0.1) is 12.8 Å². The van der Waals surface area contributed by atoms with E-state index < -0.39 is 12.1 Å². The van der Waals surface area contributed by atoms with E-state index in [-0.39, 0.29) is 24.1 Å². The minimum absolute atomic E-state index is 0.0252. The highest BCUT2D eigenvalue weighted by atomic mass is 16.5. The van der Waals surface area contributed by atoms with Crippen molar-refractivity contribution >= 4 is 17.7 Å². The van der Waals surface area contributed by atoms with Crippen molar-refractivity contribution < 1.29 is 19.1 Å². The van der Waals surface area contributed by atoms with E-state index in [0.29, 0.717) is 38.5 Å². The number of nitrogens with zero attached hydrogens (tertiary/aromatic N) is 2. The standard InChI is InChI=1S/C33H44N4O4/c1-24-11-13-28-20-27(24)22-34-32(39)29(14-12-25-8-3-2-4-9-25)35-33(40)30(36-16-5-6-17-36)21-31(38)37-18-7-10-26(23-37)15-19-41-28/h2-4,8-9,11,13,20,26,29-30H,5-7,10,12,14-19,21-23H2,1H3,(H,34,39)(H,35,40)/t26?,29-,30-/m0/s1. The third kappa shape index (κ3) is 7.88. The van der Waals surface area contributed by atoms with E-state index >= 15 is 0 Å². The minimum Gasteiger partial charge on any atom is -0.494 e. The molecule has 3 aliphatic heterocycles. The summed E-state index contributed by atoms with van der Waals surface area (Å²) in [5, 5.41) is 6.15. The Labute approximate surface area is 243 Å². The fraction of sp³-hybridized carbons (Fsp3) is 0.545. The zero-order valence-electron chi connectivity index (χ0n) is 24.3. The number of nitrogens with one attached hydrogen (secondary N) is 2. The number of carbonyl (C=O) groups excluding carboxylic acids is 3. The lowest BCUT2D eigenvalue weighted by atomic mass is 9.94. The lowest BCUT2D eigenvalue weighted by Gasteiger charge is -2.35. The first-order valence-electron chi connectivity index (χ1n) is 15.3. The van der Waals surface area contributed by atoms with Crippen molar-refractivity contribution in [3.05, 3.63) is 65.2 Å². The van der Waals surface area contributed by atoms with E-state index in [4.69, 9.17) is 4.74 Å². The van der Waals surface area contributed by atoms with Crippen molar-refractivity contribution in [2.75, 3.05) is 32.8 Å². The van der Waals surface area contributed by atoms with Crippen LogP contribution >= 0.6 is 0 Å². The first-order chi connectivity index (χ1) is 20.0. The van der Waals surface area contributed by atoms with Gasteiger partial charge in [0.2, 0.25) is 17.7 Å². The lowest BCUT2D eigenvalue weighted by molar-refractivity contribution is -0.139. The van der Waals surface area contributed by atoms with Crippen molar-refractivity contribution in [2.45, 2.75) is 76.9 Å². The molecule has 0 spiro atoms. The van der Waals surface area contributed by atoms with Gasteiger partial charge in [-0.2, -0.15) is 0 Å². The van der Waals surface area contributed by atoms with Gasteiger partial charge in [0.25, 0.3) is 0 Å². The third-order valence-electron chi connectivity index (χ3n) is 8.89. The van der Waals surface area contributed by atoms with Crippen LogP contribution in [-0.2, 0) is 27.3 Å². The van der Waals surface area contributed by atoms with Gasteiger partial charge in [-0.1, -0.05) is 36.4 Å². The molecule has 0 saturated carbocycles.